The van der Waals surface area contributed by atoms with Gasteiger partial charge < -0.3 is 9.53 Å². The highest BCUT2D eigenvalue weighted by Gasteiger charge is 2.07. The monoisotopic (exact) mass is 214 g/mol. The SMILES string of the molecule is CC(CC=O)c1ccc(OC(F)F)cc1. The second kappa shape index (κ2) is 5.44. The van der Waals surface area contributed by atoms with Gasteiger partial charge in [-0.05, 0) is 23.6 Å². The summed E-state index contributed by atoms with van der Waals surface area (Å²) in [4.78, 5) is 10.3. The lowest BCUT2D eigenvalue weighted by Gasteiger charge is -2.09. The van der Waals surface area contributed by atoms with Crippen molar-refractivity contribution in [3.8, 4) is 5.75 Å². The summed E-state index contributed by atoms with van der Waals surface area (Å²) in [6.07, 6.45) is 1.27. The molecule has 0 bridgehead atoms. The van der Waals surface area contributed by atoms with Gasteiger partial charge in [0.05, 0.1) is 0 Å². The zero-order chi connectivity index (χ0) is 11.3. The van der Waals surface area contributed by atoms with E-state index in [1.54, 1.807) is 12.1 Å². The predicted molar refractivity (Wildman–Crippen MR) is 52.2 cm³/mol. The first-order valence-electron chi connectivity index (χ1n) is 4.62. The number of carbonyl (C=O) groups is 1. The second-order valence-electron chi connectivity index (χ2n) is 3.25. The molecular formula is C11H12F2O2. The van der Waals surface area contributed by atoms with Crippen LogP contribution in [0.1, 0.15) is 24.8 Å². The molecule has 0 heterocycles. The van der Waals surface area contributed by atoms with E-state index in [0.29, 0.717) is 6.42 Å². The van der Waals surface area contributed by atoms with Gasteiger partial charge in [0.25, 0.3) is 0 Å². The number of alkyl halides is 2. The number of halogens is 2. The van der Waals surface area contributed by atoms with E-state index in [1.807, 2.05) is 6.92 Å². The Labute approximate surface area is 86.9 Å². The molecule has 1 atom stereocenters. The number of ether oxygens (including phenoxy) is 1. The predicted octanol–water partition coefficient (Wildman–Crippen LogP) is 2.98. The molecule has 1 aromatic carbocycles. The number of benzene rings is 1. The van der Waals surface area contributed by atoms with Gasteiger partial charge in [-0.25, -0.2) is 0 Å². The van der Waals surface area contributed by atoms with E-state index in [-0.39, 0.29) is 11.7 Å². The molecule has 1 aromatic rings. The molecule has 0 radical (unpaired) electrons. The van der Waals surface area contributed by atoms with Crippen molar-refractivity contribution in [3.05, 3.63) is 29.8 Å². The van der Waals surface area contributed by atoms with Crippen LogP contribution in [-0.4, -0.2) is 12.9 Å². The Hall–Kier alpha value is -1.45. The van der Waals surface area contributed by atoms with E-state index in [2.05, 4.69) is 4.74 Å². The van der Waals surface area contributed by atoms with Gasteiger partial charge in [-0.1, -0.05) is 19.1 Å². The topological polar surface area (TPSA) is 26.3 Å². The standard InChI is InChI=1S/C11H12F2O2/c1-8(6-7-14)9-2-4-10(5-3-9)15-11(12)13/h2-5,7-8,11H,6H2,1H3. The Balaban J connectivity index is 2.67. The van der Waals surface area contributed by atoms with Gasteiger partial charge in [0.15, 0.2) is 0 Å². The summed E-state index contributed by atoms with van der Waals surface area (Å²) in [6, 6.07) is 6.32. The van der Waals surface area contributed by atoms with Gasteiger partial charge in [-0.3, -0.25) is 0 Å². The van der Waals surface area contributed by atoms with Crippen LogP contribution in [0.2, 0.25) is 0 Å². The minimum atomic E-state index is -2.80. The highest BCUT2D eigenvalue weighted by Crippen LogP contribution is 2.21. The Morgan fingerprint density at radius 3 is 2.40 bits per heavy atom. The first-order chi connectivity index (χ1) is 7.13. The van der Waals surface area contributed by atoms with Gasteiger partial charge >= 0.3 is 6.61 Å². The average Bonchev–Trinajstić information content (AvgIpc) is 2.18. The third-order valence-corrected chi connectivity index (χ3v) is 2.12. The van der Waals surface area contributed by atoms with Gasteiger partial charge in [0.2, 0.25) is 0 Å². The van der Waals surface area contributed by atoms with Crippen LogP contribution < -0.4 is 4.74 Å². The Morgan fingerprint density at radius 1 is 1.33 bits per heavy atom. The molecule has 2 nitrogen and oxygen atoms in total. The Morgan fingerprint density at radius 2 is 1.93 bits per heavy atom. The third kappa shape index (κ3) is 3.65. The van der Waals surface area contributed by atoms with E-state index >= 15 is 0 Å². The van der Waals surface area contributed by atoms with Crippen LogP contribution in [0.5, 0.6) is 5.75 Å². The number of hydrogen-bond donors (Lipinski definition) is 0. The molecule has 15 heavy (non-hydrogen) atoms. The minimum absolute atomic E-state index is 0.100. The first-order valence-corrected chi connectivity index (χ1v) is 4.62. The largest absolute Gasteiger partial charge is 0.435 e. The van der Waals surface area contributed by atoms with Crippen molar-refractivity contribution < 1.29 is 18.3 Å². The van der Waals surface area contributed by atoms with E-state index in [0.717, 1.165) is 11.8 Å². The fourth-order valence-electron chi connectivity index (χ4n) is 1.26. The molecule has 0 aliphatic heterocycles. The molecule has 82 valence electrons. The zero-order valence-corrected chi connectivity index (χ0v) is 8.32. The number of rotatable bonds is 5. The molecule has 0 aromatic heterocycles. The van der Waals surface area contributed by atoms with Crippen LogP contribution in [0.15, 0.2) is 24.3 Å². The molecule has 1 unspecified atom stereocenters. The van der Waals surface area contributed by atoms with Crippen LogP contribution >= 0.6 is 0 Å². The van der Waals surface area contributed by atoms with Crippen molar-refractivity contribution in [1.82, 2.24) is 0 Å². The highest BCUT2D eigenvalue weighted by atomic mass is 19.3. The lowest BCUT2D eigenvalue weighted by Crippen LogP contribution is -2.02. The molecule has 0 saturated heterocycles. The van der Waals surface area contributed by atoms with E-state index in [4.69, 9.17) is 0 Å². The summed E-state index contributed by atoms with van der Waals surface area (Å²) in [5.74, 6) is 0.232. The second-order valence-corrected chi connectivity index (χ2v) is 3.25. The summed E-state index contributed by atoms with van der Waals surface area (Å²) in [5.41, 5.74) is 0.934. The summed E-state index contributed by atoms with van der Waals surface area (Å²) in [5, 5.41) is 0. The van der Waals surface area contributed by atoms with Gasteiger partial charge in [0.1, 0.15) is 12.0 Å². The summed E-state index contributed by atoms with van der Waals surface area (Å²) in [6.45, 7) is -0.902. The fraction of sp³-hybridized carbons (Fsp3) is 0.364. The van der Waals surface area contributed by atoms with E-state index in [1.165, 1.54) is 12.1 Å². The van der Waals surface area contributed by atoms with Gasteiger partial charge in [0, 0.05) is 6.42 Å². The fourth-order valence-corrected chi connectivity index (χ4v) is 1.26. The van der Waals surface area contributed by atoms with Crippen molar-refractivity contribution in [1.29, 1.82) is 0 Å². The van der Waals surface area contributed by atoms with Crippen LogP contribution in [0.3, 0.4) is 0 Å². The molecule has 0 amide bonds. The molecule has 0 N–H and O–H groups in total. The normalized spacial score (nSPS) is 12.5. The first kappa shape index (κ1) is 11.6. The molecule has 0 fully saturated rings. The minimum Gasteiger partial charge on any atom is -0.435 e. The van der Waals surface area contributed by atoms with Crippen LogP contribution in [0, 0.1) is 0 Å². The molecule has 0 spiro atoms. The van der Waals surface area contributed by atoms with E-state index < -0.39 is 6.61 Å². The van der Waals surface area contributed by atoms with Crippen molar-refractivity contribution >= 4 is 6.29 Å². The zero-order valence-electron chi connectivity index (χ0n) is 8.32. The van der Waals surface area contributed by atoms with Crippen molar-refractivity contribution in [2.24, 2.45) is 0 Å². The summed E-state index contributed by atoms with van der Waals surface area (Å²) < 4.78 is 27.9. The summed E-state index contributed by atoms with van der Waals surface area (Å²) >= 11 is 0. The number of hydrogen-bond acceptors (Lipinski definition) is 2. The maximum atomic E-state index is 11.8. The van der Waals surface area contributed by atoms with Crippen LogP contribution in [-0.2, 0) is 4.79 Å². The summed E-state index contributed by atoms with van der Waals surface area (Å²) in [7, 11) is 0. The maximum absolute atomic E-state index is 11.8. The Kier molecular flexibility index (Phi) is 4.21. The Bertz CT molecular complexity index is 309. The van der Waals surface area contributed by atoms with Crippen molar-refractivity contribution in [2.75, 3.05) is 0 Å². The average molecular weight is 214 g/mol. The maximum Gasteiger partial charge on any atom is 0.387 e. The molecule has 4 heteroatoms. The van der Waals surface area contributed by atoms with Crippen molar-refractivity contribution in [3.63, 3.8) is 0 Å². The van der Waals surface area contributed by atoms with Crippen LogP contribution in [0.25, 0.3) is 0 Å². The highest BCUT2D eigenvalue weighted by molar-refractivity contribution is 5.51. The number of carbonyl (C=O) groups excluding carboxylic acids is 1. The lowest BCUT2D eigenvalue weighted by atomic mass is 9.99. The molecule has 0 aliphatic rings. The van der Waals surface area contributed by atoms with Crippen LogP contribution in [0.4, 0.5) is 8.78 Å². The van der Waals surface area contributed by atoms with Crippen molar-refractivity contribution in [2.45, 2.75) is 25.9 Å². The van der Waals surface area contributed by atoms with Gasteiger partial charge in [-0.2, -0.15) is 8.78 Å². The lowest BCUT2D eigenvalue weighted by molar-refractivity contribution is -0.108. The smallest absolute Gasteiger partial charge is 0.387 e. The third-order valence-electron chi connectivity index (χ3n) is 2.12. The molecule has 0 saturated carbocycles. The molecule has 0 aliphatic carbocycles. The molecule has 1 rings (SSSR count). The molecular weight excluding hydrogens is 202 g/mol. The number of aldehydes is 1. The van der Waals surface area contributed by atoms with E-state index in [9.17, 15) is 13.6 Å². The van der Waals surface area contributed by atoms with Gasteiger partial charge in [-0.15, -0.1) is 0 Å². The quantitative estimate of drug-likeness (QED) is 0.704.